The Balaban J connectivity index is 1.88. The molecule has 0 aliphatic heterocycles. The van der Waals surface area contributed by atoms with E-state index in [0.29, 0.717) is 22.8 Å². The summed E-state index contributed by atoms with van der Waals surface area (Å²) in [5.74, 6) is 1.51. The quantitative estimate of drug-likeness (QED) is 0.580. The van der Waals surface area contributed by atoms with E-state index in [1.54, 1.807) is 44.6 Å². The summed E-state index contributed by atoms with van der Waals surface area (Å²) in [7, 11) is 3.13. The van der Waals surface area contributed by atoms with Gasteiger partial charge in [0, 0.05) is 16.1 Å². The van der Waals surface area contributed by atoms with E-state index in [1.165, 1.54) is 6.21 Å². The number of rotatable bonds is 7. The molecule has 0 bridgehead atoms. The highest BCUT2D eigenvalue weighted by atomic mass is 79.9. The first-order valence-electron chi connectivity index (χ1n) is 7.04. The zero-order valence-corrected chi connectivity index (χ0v) is 14.9. The van der Waals surface area contributed by atoms with Gasteiger partial charge in [-0.2, -0.15) is 5.10 Å². The summed E-state index contributed by atoms with van der Waals surface area (Å²) in [6.45, 7) is -0.131. The van der Waals surface area contributed by atoms with Gasteiger partial charge in [-0.15, -0.1) is 0 Å². The van der Waals surface area contributed by atoms with Crippen molar-refractivity contribution in [2.75, 3.05) is 20.8 Å². The van der Waals surface area contributed by atoms with Crippen LogP contribution in [0.1, 0.15) is 5.56 Å². The topological polar surface area (TPSA) is 69.2 Å². The molecule has 0 radical (unpaired) electrons. The molecule has 2 rings (SSSR count). The molecule has 126 valence electrons. The van der Waals surface area contributed by atoms with Crippen LogP contribution in [-0.4, -0.2) is 32.9 Å². The Kier molecular flexibility index (Phi) is 6.62. The number of carbonyl (C=O) groups excluding carboxylic acids is 1. The van der Waals surface area contributed by atoms with Crippen molar-refractivity contribution in [3.8, 4) is 17.2 Å². The van der Waals surface area contributed by atoms with Crippen LogP contribution in [0, 0.1) is 0 Å². The van der Waals surface area contributed by atoms with Gasteiger partial charge in [0.1, 0.15) is 17.2 Å². The zero-order valence-electron chi connectivity index (χ0n) is 13.3. The molecule has 0 unspecified atom stereocenters. The molecule has 24 heavy (non-hydrogen) atoms. The minimum absolute atomic E-state index is 0.131. The molecule has 2 aromatic carbocycles. The Labute approximate surface area is 148 Å². The lowest BCUT2D eigenvalue weighted by atomic mass is 10.2. The van der Waals surface area contributed by atoms with Crippen LogP contribution in [0.15, 0.2) is 52.0 Å². The van der Waals surface area contributed by atoms with Crippen molar-refractivity contribution in [1.29, 1.82) is 0 Å². The van der Waals surface area contributed by atoms with Crippen LogP contribution < -0.4 is 19.6 Å². The van der Waals surface area contributed by atoms with Gasteiger partial charge in [0.05, 0.1) is 20.4 Å². The van der Waals surface area contributed by atoms with E-state index in [2.05, 4.69) is 26.5 Å². The van der Waals surface area contributed by atoms with E-state index >= 15 is 0 Å². The summed E-state index contributed by atoms with van der Waals surface area (Å²) in [6, 6.07) is 12.5. The lowest BCUT2D eigenvalue weighted by Crippen LogP contribution is -2.24. The first kappa shape index (κ1) is 17.8. The van der Waals surface area contributed by atoms with Crippen LogP contribution in [0.2, 0.25) is 0 Å². The predicted molar refractivity (Wildman–Crippen MR) is 94.9 cm³/mol. The fraction of sp³-hybridized carbons (Fsp3) is 0.176. The van der Waals surface area contributed by atoms with Crippen LogP contribution in [0.3, 0.4) is 0 Å². The highest BCUT2D eigenvalue weighted by Crippen LogP contribution is 2.23. The third-order valence-electron chi connectivity index (χ3n) is 3.00. The third kappa shape index (κ3) is 5.27. The van der Waals surface area contributed by atoms with E-state index in [9.17, 15) is 4.79 Å². The number of halogens is 1. The van der Waals surface area contributed by atoms with Crippen LogP contribution in [0.4, 0.5) is 0 Å². The van der Waals surface area contributed by atoms with Crippen LogP contribution >= 0.6 is 15.9 Å². The maximum atomic E-state index is 11.7. The first-order valence-corrected chi connectivity index (χ1v) is 7.84. The van der Waals surface area contributed by atoms with Crippen LogP contribution in [-0.2, 0) is 4.79 Å². The van der Waals surface area contributed by atoms with Gasteiger partial charge < -0.3 is 14.2 Å². The first-order chi connectivity index (χ1) is 11.6. The minimum atomic E-state index is -0.362. The monoisotopic (exact) mass is 392 g/mol. The average molecular weight is 393 g/mol. The standard InChI is InChI=1S/C17H17BrN2O4/c1-22-14-7-6-12(16(9-14)23-2)10-19-20-17(21)11-24-15-5-3-4-13(18)8-15/h3-10H,11H2,1-2H3,(H,20,21)/b19-10-. The zero-order chi connectivity index (χ0) is 17.4. The summed E-state index contributed by atoms with van der Waals surface area (Å²) in [5.41, 5.74) is 3.12. The molecular weight excluding hydrogens is 376 g/mol. The van der Waals surface area contributed by atoms with Crippen LogP contribution in [0.5, 0.6) is 17.2 Å². The van der Waals surface area contributed by atoms with Crippen molar-refractivity contribution < 1.29 is 19.0 Å². The van der Waals surface area contributed by atoms with Crippen molar-refractivity contribution in [3.63, 3.8) is 0 Å². The van der Waals surface area contributed by atoms with Crippen molar-refractivity contribution in [1.82, 2.24) is 5.43 Å². The number of hydrogen-bond acceptors (Lipinski definition) is 5. The summed E-state index contributed by atoms with van der Waals surface area (Å²) in [4.78, 5) is 11.7. The number of ether oxygens (including phenoxy) is 3. The smallest absolute Gasteiger partial charge is 0.277 e. The Morgan fingerprint density at radius 3 is 2.71 bits per heavy atom. The average Bonchev–Trinajstić information content (AvgIpc) is 2.60. The summed E-state index contributed by atoms with van der Waals surface area (Å²) in [5, 5.41) is 3.90. The second kappa shape index (κ2) is 8.93. The molecule has 7 heteroatoms. The number of nitrogens with zero attached hydrogens (tertiary/aromatic N) is 1. The fourth-order valence-corrected chi connectivity index (χ4v) is 2.22. The second-order valence-corrected chi connectivity index (χ2v) is 5.56. The summed E-state index contributed by atoms with van der Waals surface area (Å²) >= 11 is 3.34. The van der Waals surface area contributed by atoms with Gasteiger partial charge in [-0.05, 0) is 30.3 Å². The largest absolute Gasteiger partial charge is 0.497 e. The molecular formula is C17H17BrN2O4. The van der Waals surface area contributed by atoms with E-state index in [1.807, 2.05) is 12.1 Å². The Hall–Kier alpha value is -2.54. The second-order valence-electron chi connectivity index (χ2n) is 4.65. The van der Waals surface area contributed by atoms with Gasteiger partial charge in [0.25, 0.3) is 5.91 Å². The fourth-order valence-electron chi connectivity index (χ4n) is 1.84. The highest BCUT2D eigenvalue weighted by Gasteiger charge is 2.04. The molecule has 2 aromatic rings. The third-order valence-corrected chi connectivity index (χ3v) is 3.49. The molecule has 6 nitrogen and oxygen atoms in total. The van der Waals surface area contributed by atoms with E-state index in [0.717, 1.165) is 4.47 Å². The molecule has 0 aliphatic carbocycles. The van der Waals surface area contributed by atoms with Gasteiger partial charge in [-0.1, -0.05) is 22.0 Å². The molecule has 1 N–H and O–H groups in total. The van der Waals surface area contributed by atoms with Crippen molar-refractivity contribution in [3.05, 3.63) is 52.5 Å². The number of hydrazone groups is 1. The summed E-state index contributed by atoms with van der Waals surface area (Å²) < 4.78 is 16.6. The number of carbonyl (C=O) groups is 1. The van der Waals surface area contributed by atoms with E-state index in [4.69, 9.17) is 14.2 Å². The van der Waals surface area contributed by atoms with E-state index in [-0.39, 0.29) is 12.5 Å². The SMILES string of the molecule is COc1ccc(/C=N\NC(=O)COc2cccc(Br)c2)c(OC)c1. The molecule has 0 spiro atoms. The van der Waals surface area contributed by atoms with Crippen molar-refractivity contribution >= 4 is 28.1 Å². The maximum Gasteiger partial charge on any atom is 0.277 e. The van der Waals surface area contributed by atoms with Crippen molar-refractivity contribution in [2.45, 2.75) is 0 Å². The Morgan fingerprint density at radius 1 is 1.17 bits per heavy atom. The number of benzene rings is 2. The lowest BCUT2D eigenvalue weighted by molar-refractivity contribution is -0.123. The van der Waals surface area contributed by atoms with Gasteiger partial charge >= 0.3 is 0 Å². The number of hydrogen-bond donors (Lipinski definition) is 1. The number of nitrogens with one attached hydrogen (secondary N) is 1. The number of amides is 1. The molecule has 0 fully saturated rings. The van der Waals surface area contributed by atoms with Gasteiger partial charge in [-0.25, -0.2) is 5.43 Å². The molecule has 0 aliphatic rings. The molecule has 0 heterocycles. The highest BCUT2D eigenvalue weighted by molar-refractivity contribution is 9.10. The van der Waals surface area contributed by atoms with Crippen molar-refractivity contribution in [2.24, 2.45) is 5.10 Å². The molecule has 0 saturated carbocycles. The molecule has 1 amide bonds. The molecule has 0 atom stereocenters. The summed E-state index contributed by atoms with van der Waals surface area (Å²) in [6.07, 6.45) is 1.50. The number of methoxy groups -OCH3 is 2. The molecule has 0 saturated heterocycles. The predicted octanol–water partition coefficient (Wildman–Crippen LogP) is 3.00. The molecule has 0 aromatic heterocycles. The minimum Gasteiger partial charge on any atom is -0.497 e. The Morgan fingerprint density at radius 2 is 2.00 bits per heavy atom. The normalized spacial score (nSPS) is 10.5. The maximum absolute atomic E-state index is 11.7. The van der Waals surface area contributed by atoms with E-state index < -0.39 is 0 Å². The van der Waals surface area contributed by atoms with Gasteiger partial charge in [0.2, 0.25) is 0 Å². The lowest BCUT2D eigenvalue weighted by Gasteiger charge is -2.07. The Bertz CT molecular complexity index is 734. The van der Waals surface area contributed by atoms with Crippen LogP contribution in [0.25, 0.3) is 0 Å². The van der Waals surface area contributed by atoms with Gasteiger partial charge in [0.15, 0.2) is 6.61 Å². The van der Waals surface area contributed by atoms with Gasteiger partial charge in [-0.3, -0.25) is 4.79 Å².